The summed E-state index contributed by atoms with van der Waals surface area (Å²) in [6, 6.07) is 8.41. The quantitative estimate of drug-likeness (QED) is 0.821. The van der Waals surface area contributed by atoms with Crippen LogP contribution in [0.3, 0.4) is 0 Å². The van der Waals surface area contributed by atoms with Crippen LogP contribution in [0.15, 0.2) is 30.3 Å². The molecule has 0 aliphatic heterocycles. The fourth-order valence-corrected chi connectivity index (χ4v) is 2.08. The van der Waals surface area contributed by atoms with Gasteiger partial charge in [-0.2, -0.15) is 0 Å². The van der Waals surface area contributed by atoms with Gasteiger partial charge in [-0.15, -0.1) is 0 Å². The highest BCUT2D eigenvalue weighted by Crippen LogP contribution is 2.19. The van der Waals surface area contributed by atoms with Gasteiger partial charge in [-0.05, 0) is 56.2 Å². The van der Waals surface area contributed by atoms with Crippen LogP contribution in [0, 0.1) is 26.6 Å². The van der Waals surface area contributed by atoms with E-state index in [0.29, 0.717) is 11.3 Å². The van der Waals surface area contributed by atoms with Crippen molar-refractivity contribution in [3.63, 3.8) is 0 Å². The number of nitrogens with two attached hydrogens (primary N) is 1. The van der Waals surface area contributed by atoms with Gasteiger partial charge in [-0.1, -0.05) is 6.07 Å². The lowest BCUT2D eigenvalue weighted by Crippen LogP contribution is -2.13. The van der Waals surface area contributed by atoms with Gasteiger partial charge in [0.05, 0.1) is 0 Å². The van der Waals surface area contributed by atoms with E-state index in [1.54, 1.807) is 6.92 Å². The molecule has 0 atom stereocenters. The Morgan fingerprint density at radius 2 is 1.65 bits per heavy atom. The third-order valence-corrected chi connectivity index (χ3v) is 3.13. The van der Waals surface area contributed by atoms with Crippen LogP contribution in [0.4, 0.5) is 15.8 Å². The SMILES string of the molecule is Cc1cc(C)cc(NC(=O)c2cc(N)c(C)c(F)c2)c1. The minimum Gasteiger partial charge on any atom is -0.398 e. The first kappa shape index (κ1) is 14.1. The van der Waals surface area contributed by atoms with Crippen molar-refractivity contribution in [3.8, 4) is 0 Å². The Morgan fingerprint density at radius 3 is 2.20 bits per heavy atom. The Bertz CT molecular complexity index is 637. The predicted octanol–water partition coefficient (Wildman–Crippen LogP) is 3.59. The third kappa shape index (κ3) is 2.96. The summed E-state index contributed by atoms with van der Waals surface area (Å²) in [5.41, 5.74) is 9.31. The highest BCUT2D eigenvalue weighted by Gasteiger charge is 2.11. The van der Waals surface area contributed by atoms with Gasteiger partial charge in [0.1, 0.15) is 5.82 Å². The zero-order chi connectivity index (χ0) is 14.9. The van der Waals surface area contributed by atoms with Gasteiger partial charge < -0.3 is 11.1 Å². The molecule has 3 N–H and O–H groups in total. The van der Waals surface area contributed by atoms with Crippen LogP contribution in [0.5, 0.6) is 0 Å². The predicted molar refractivity (Wildman–Crippen MR) is 79.4 cm³/mol. The van der Waals surface area contributed by atoms with Crippen LogP contribution >= 0.6 is 0 Å². The van der Waals surface area contributed by atoms with E-state index in [9.17, 15) is 9.18 Å². The lowest BCUT2D eigenvalue weighted by atomic mass is 10.1. The zero-order valence-electron chi connectivity index (χ0n) is 11.8. The van der Waals surface area contributed by atoms with Gasteiger partial charge in [-0.3, -0.25) is 4.79 Å². The Kier molecular flexibility index (Phi) is 3.74. The molecule has 0 radical (unpaired) electrons. The van der Waals surface area contributed by atoms with Crippen LogP contribution in [-0.2, 0) is 0 Å². The fraction of sp³-hybridized carbons (Fsp3) is 0.188. The number of hydrogen-bond acceptors (Lipinski definition) is 2. The lowest BCUT2D eigenvalue weighted by molar-refractivity contribution is 0.102. The molecule has 104 valence electrons. The van der Waals surface area contributed by atoms with Crippen molar-refractivity contribution in [2.24, 2.45) is 0 Å². The number of hydrogen-bond donors (Lipinski definition) is 2. The number of nitrogens with one attached hydrogen (secondary N) is 1. The average Bonchev–Trinajstić information content (AvgIpc) is 2.33. The van der Waals surface area contributed by atoms with Crippen molar-refractivity contribution in [2.45, 2.75) is 20.8 Å². The van der Waals surface area contributed by atoms with Crippen molar-refractivity contribution < 1.29 is 9.18 Å². The Morgan fingerprint density at radius 1 is 1.05 bits per heavy atom. The number of anilines is 2. The minimum atomic E-state index is -0.476. The minimum absolute atomic E-state index is 0.213. The van der Waals surface area contributed by atoms with Crippen LogP contribution in [-0.4, -0.2) is 5.91 Å². The number of halogens is 1. The molecule has 2 aromatic rings. The first-order chi connectivity index (χ1) is 9.36. The summed E-state index contributed by atoms with van der Waals surface area (Å²) in [6.45, 7) is 5.48. The van der Waals surface area contributed by atoms with Crippen molar-refractivity contribution in [1.82, 2.24) is 0 Å². The Balaban J connectivity index is 2.28. The van der Waals surface area contributed by atoms with Gasteiger partial charge >= 0.3 is 0 Å². The van der Waals surface area contributed by atoms with Crippen molar-refractivity contribution >= 4 is 17.3 Å². The van der Waals surface area contributed by atoms with E-state index in [2.05, 4.69) is 5.32 Å². The second-order valence-electron chi connectivity index (χ2n) is 5.00. The monoisotopic (exact) mass is 272 g/mol. The van der Waals surface area contributed by atoms with Crippen molar-refractivity contribution in [3.05, 3.63) is 58.4 Å². The van der Waals surface area contributed by atoms with E-state index in [1.165, 1.54) is 12.1 Å². The molecule has 20 heavy (non-hydrogen) atoms. The van der Waals surface area contributed by atoms with Gasteiger partial charge in [0, 0.05) is 22.5 Å². The van der Waals surface area contributed by atoms with E-state index in [4.69, 9.17) is 5.73 Å². The molecule has 3 nitrogen and oxygen atoms in total. The zero-order valence-corrected chi connectivity index (χ0v) is 11.8. The van der Waals surface area contributed by atoms with Crippen LogP contribution in [0.1, 0.15) is 27.0 Å². The first-order valence-electron chi connectivity index (χ1n) is 6.32. The van der Waals surface area contributed by atoms with E-state index < -0.39 is 5.82 Å². The molecule has 0 heterocycles. The first-order valence-corrected chi connectivity index (χ1v) is 6.32. The maximum Gasteiger partial charge on any atom is 0.255 e. The molecular weight excluding hydrogens is 255 g/mol. The second-order valence-corrected chi connectivity index (χ2v) is 5.00. The van der Waals surface area contributed by atoms with E-state index in [1.807, 2.05) is 32.0 Å². The Hall–Kier alpha value is -2.36. The van der Waals surface area contributed by atoms with Crippen molar-refractivity contribution in [2.75, 3.05) is 11.1 Å². The summed E-state index contributed by atoms with van der Waals surface area (Å²) in [5.74, 6) is -0.851. The molecule has 0 spiro atoms. The number of rotatable bonds is 2. The molecule has 0 aromatic heterocycles. The number of amides is 1. The molecule has 0 unspecified atom stereocenters. The molecule has 0 saturated heterocycles. The number of carbonyl (C=O) groups excluding carboxylic acids is 1. The maximum atomic E-state index is 13.6. The fourth-order valence-electron chi connectivity index (χ4n) is 2.08. The van der Waals surface area contributed by atoms with Gasteiger partial charge in [0.25, 0.3) is 5.91 Å². The maximum absolute atomic E-state index is 13.6. The molecular formula is C16H17FN2O. The summed E-state index contributed by atoms with van der Waals surface area (Å²) in [6.07, 6.45) is 0. The highest BCUT2D eigenvalue weighted by atomic mass is 19.1. The number of carbonyl (C=O) groups is 1. The van der Waals surface area contributed by atoms with Gasteiger partial charge in [-0.25, -0.2) is 4.39 Å². The number of benzene rings is 2. The molecule has 0 fully saturated rings. The molecule has 2 aromatic carbocycles. The molecule has 0 aliphatic rings. The smallest absolute Gasteiger partial charge is 0.255 e. The van der Waals surface area contributed by atoms with E-state index in [-0.39, 0.29) is 17.2 Å². The number of aryl methyl sites for hydroxylation is 2. The van der Waals surface area contributed by atoms with E-state index in [0.717, 1.165) is 11.1 Å². The second kappa shape index (κ2) is 5.33. The topological polar surface area (TPSA) is 55.1 Å². The van der Waals surface area contributed by atoms with Gasteiger partial charge in [0.2, 0.25) is 0 Å². The largest absolute Gasteiger partial charge is 0.398 e. The van der Waals surface area contributed by atoms with Crippen LogP contribution < -0.4 is 11.1 Å². The number of nitrogen functional groups attached to an aromatic ring is 1. The van der Waals surface area contributed by atoms with E-state index >= 15 is 0 Å². The summed E-state index contributed by atoms with van der Waals surface area (Å²) >= 11 is 0. The van der Waals surface area contributed by atoms with Crippen molar-refractivity contribution in [1.29, 1.82) is 0 Å². The summed E-state index contributed by atoms with van der Waals surface area (Å²) < 4.78 is 13.6. The average molecular weight is 272 g/mol. The molecule has 1 amide bonds. The summed E-state index contributed by atoms with van der Waals surface area (Å²) in [4.78, 5) is 12.1. The molecule has 0 aliphatic carbocycles. The molecule has 0 saturated carbocycles. The standard InChI is InChI=1S/C16H17FN2O/c1-9-4-10(2)6-13(5-9)19-16(20)12-7-14(17)11(3)15(18)8-12/h4-8H,18H2,1-3H3,(H,19,20). The molecule has 0 bridgehead atoms. The Labute approximate surface area is 117 Å². The summed E-state index contributed by atoms with van der Waals surface area (Å²) in [5, 5.41) is 2.75. The van der Waals surface area contributed by atoms with Gasteiger partial charge in [0.15, 0.2) is 0 Å². The summed E-state index contributed by atoms with van der Waals surface area (Å²) in [7, 11) is 0. The lowest BCUT2D eigenvalue weighted by Gasteiger charge is -2.09. The normalized spacial score (nSPS) is 10.4. The van der Waals surface area contributed by atoms with Crippen LogP contribution in [0.25, 0.3) is 0 Å². The molecule has 4 heteroatoms. The third-order valence-electron chi connectivity index (χ3n) is 3.13. The highest BCUT2D eigenvalue weighted by molar-refractivity contribution is 6.05. The van der Waals surface area contributed by atoms with Crippen LogP contribution in [0.2, 0.25) is 0 Å². The molecule has 2 rings (SSSR count).